The second-order valence-electron chi connectivity index (χ2n) is 7.35. The van der Waals surface area contributed by atoms with Crippen LogP contribution < -0.4 is 4.90 Å². The fraction of sp³-hybridized carbons (Fsp3) is 0.526. The Balaban J connectivity index is 1.54. The van der Waals surface area contributed by atoms with Gasteiger partial charge in [-0.1, -0.05) is 36.3 Å². The van der Waals surface area contributed by atoms with Crippen molar-refractivity contribution in [1.82, 2.24) is 10.1 Å². The summed E-state index contributed by atoms with van der Waals surface area (Å²) in [4.78, 5) is 12.5. The topological polar surface area (TPSA) is 97.9 Å². The molecule has 28 heavy (non-hydrogen) atoms. The van der Waals surface area contributed by atoms with Crippen molar-refractivity contribution in [2.24, 2.45) is 5.16 Å². The van der Waals surface area contributed by atoms with Gasteiger partial charge in [0.05, 0.1) is 10.6 Å². The first kappa shape index (κ1) is 20.3. The third-order valence-electron chi connectivity index (χ3n) is 4.70. The number of oxime groups is 1. The summed E-state index contributed by atoms with van der Waals surface area (Å²) >= 11 is 0. The van der Waals surface area contributed by atoms with Crippen LogP contribution in [0.5, 0.6) is 0 Å². The van der Waals surface area contributed by atoms with E-state index in [4.69, 9.17) is 9.36 Å². The summed E-state index contributed by atoms with van der Waals surface area (Å²) in [5, 5.41) is 8.24. The maximum atomic E-state index is 11.5. The summed E-state index contributed by atoms with van der Waals surface area (Å²) in [6.07, 6.45) is 2.83. The molecule has 2 aromatic rings. The Labute approximate surface area is 165 Å². The molecule has 0 N–H and O–H groups in total. The Morgan fingerprint density at radius 2 is 1.89 bits per heavy atom. The highest BCUT2D eigenvalue weighted by Crippen LogP contribution is 2.22. The number of nitrogens with zero attached hydrogens (tertiary/aromatic N) is 4. The van der Waals surface area contributed by atoms with Crippen LogP contribution in [0.3, 0.4) is 0 Å². The van der Waals surface area contributed by atoms with Crippen molar-refractivity contribution >= 4 is 21.6 Å². The van der Waals surface area contributed by atoms with Gasteiger partial charge in [0.1, 0.15) is 6.10 Å². The maximum absolute atomic E-state index is 11.5. The van der Waals surface area contributed by atoms with Gasteiger partial charge in [-0.15, -0.1) is 0 Å². The molecule has 0 amide bonds. The molecule has 0 unspecified atom stereocenters. The highest BCUT2D eigenvalue weighted by molar-refractivity contribution is 7.90. The van der Waals surface area contributed by atoms with E-state index < -0.39 is 9.84 Å². The van der Waals surface area contributed by atoms with E-state index in [2.05, 4.69) is 20.2 Å². The first-order valence-corrected chi connectivity index (χ1v) is 11.2. The molecule has 8 nitrogen and oxygen atoms in total. The number of anilines is 1. The smallest absolute Gasteiger partial charge is 0.324 e. The van der Waals surface area contributed by atoms with Crippen molar-refractivity contribution in [2.75, 3.05) is 24.2 Å². The van der Waals surface area contributed by atoms with Gasteiger partial charge >= 0.3 is 6.01 Å². The molecular weight excluding hydrogens is 380 g/mol. The Hall–Kier alpha value is -2.42. The zero-order chi connectivity index (χ0) is 20.3. The molecule has 1 aromatic heterocycles. The molecule has 1 fully saturated rings. The second kappa shape index (κ2) is 8.30. The van der Waals surface area contributed by atoms with E-state index in [0.717, 1.165) is 37.3 Å². The van der Waals surface area contributed by atoms with Crippen LogP contribution in [0.1, 0.15) is 50.9 Å². The van der Waals surface area contributed by atoms with E-state index >= 15 is 0 Å². The van der Waals surface area contributed by atoms with Crippen molar-refractivity contribution in [3.05, 3.63) is 35.7 Å². The largest absolute Gasteiger partial charge is 0.392 e. The zero-order valence-corrected chi connectivity index (χ0v) is 17.4. The first-order valence-electron chi connectivity index (χ1n) is 9.33. The predicted octanol–water partition coefficient (Wildman–Crippen LogP) is 3.01. The van der Waals surface area contributed by atoms with Crippen LogP contribution in [0.2, 0.25) is 0 Å². The normalized spacial score (nSPS) is 16.6. The van der Waals surface area contributed by atoms with Crippen LogP contribution in [0.15, 0.2) is 38.8 Å². The zero-order valence-electron chi connectivity index (χ0n) is 16.6. The lowest BCUT2D eigenvalue weighted by Gasteiger charge is -2.29. The molecule has 3 rings (SSSR count). The lowest BCUT2D eigenvalue weighted by molar-refractivity contribution is 0.0413. The molecule has 152 valence electrons. The molecule has 2 heterocycles. The van der Waals surface area contributed by atoms with E-state index in [1.165, 1.54) is 6.26 Å². The number of hydrogen-bond donors (Lipinski definition) is 0. The van der Waals surface area contributed by atoms with Gasteiger partial charge in [-0.2, -0.15) is 4.98 Å². The van der Waals surface area contributed by atoms with Crippen LogP contribution in [-0.4, -0.2) is 49.7 Å². The minimum Gasteiger partial charge on any atom is -0.392 e. The molecule has 9 heteroatoms. The SMILES string of the molecule is C/C(=N/OC1CCN(c2nc(C(C)C)no2)CC1)c1ccc(S(C)(=O)=O)cc1. The summed E-state index contributed by atoms with van der Waals surface area (Å²) in [6, 6.07) is 7.20. The minimum atomic E-state index is -3.20. The van der Waals surface area contributed by atoms with E-state index in [1.807, 2.05) is 20.8 Å². The third-order valence-corrected chi connectivity index (χ3v) is 5.83. The number of sulfone groups is 1. The molecule has 0 saturated carbocycles. The van der Waals surface area contributed by atoms with Gasteiger partial charge in [-0.3, -0.25) is 0 Å². The summed E-state index contributed by atoms with van der Waals surface area (Å²) in [6.45, 7) is 7.44. The van der Waals surface area contributed by atoms with Crippen molar-refractivity contribution in [2.45, 2.75) is 50.5 Å². The second-order valence-corrected chi connectivity index (χ2v) is 9.37. The number of rotatable bonds is 6. The molecule has 1 aliphatic rings. The minimum absolute atomic E-state index is 0.0222. The quantitative estimate of drug-likeness (QED) is 0.537. The van der Waals surface area contributed by atoms with Crippen LogP contribution >= 0.6 is 0 Å². The van der Waals surface area contributed by atoms with Gasteiger partial charge in [-0.05, 0) is 24.6 Å². The fourth-order valence-corrected chi connectivity index (χ4v) is 3.52. The molecule has 0 radical (unpaired) electrons. The standard InChI is InChI=1S/C19H26N4O4S/c1-13(2)18-20-19(27-22-18)23-11-9-16(10-12-23)26-21-14(3)15-5-7-17(8-6-15)28(4,24)25/h5-8,13,16H,9-12H2,1-4H3/b21-14-. The summed E-state index contributed by atoms with van der Waals surface area (Å²) < 4.78 is 28.4. The van der Waals surface area contributed by atoms with Gasteiger partial charge in [-0.25, -0.2) is 8.42 Å². The van der Waals surface area contributed by atoms with Gasteiger partial charge in [0, 0.05) is 38.1 Å². The van der Waals surface area contributed by atoms with Gasteiger partial charge in [0.15, 0.2) is 15.7 Å². The molecule has 1 aliphatic heterocycles. The van der Waals surface area contributed by atoms with Crippen molar-refractivity contribution in [3.63, 3.8) is 0 Å². The van der Waals surface area contributed by atoms with Gasteiger partial charge in [0.2, 0.25) is 0 Å². The first-order chi connectivity index (χ1) is 13.2. The molecule has 0 atom stereocenters. The van der Waals surface area contributed by atoms with Gasteiger partial charge in [0.25, 0.3) is 0 Å². The molecule has 0 bridgehead atoms. The molecular formula is C19H26N4O4S. The lowest BCUT2D eigenvalue weighted by Crippen LogP contribution is -2.36. The van der Waals surface area contributed by atoms with Crippen LogP contribution in [0.4, 0.5) is 6.01 Å². The Bertz CT molecular complexity index is 927. The maximum Gasteiger partial charge on any atom is 0.324 e. The van der Waals surface area contributed by atoms with E-state index in [0.29, 0.717) is 16.6 Å². The number of piperidine rings is 1. The summed E-state index contributed by atoms with van der Waals surface area (Å²) in [7, 11) is -3.20. The van der Waals surface area contributed by atoms with Crippen LogP contribution in [0.25, 0.3) is 0 Å². The van der Waals surface area contributed by atoms with E-state index in [9.17, 15) is 8.42 Å². The van der Waals surface area contributed by atoms with Crippen LogP contribution in [0, 0.1) is 0 Å². The Kier molecular flexibility index (Phi) is 6.02. The Morgan fingerprint density at radius 3 is 2.43 bits per heavy atom. The summed E-state index contributed by atoms with van der Waals surface area (Å²) in [5.41, 5.74) is 1.54. The number of benzene rings is 1. The van der Waals surface area contributed by atoms with E-state index in [1.54, 1.807) is 24.3 Å². The average molecular weight is 407 g/mol. The van der Waals surface area contributed by atoms with E-state index in [-0.39, 0.29) is 12.0 Å². The van der Waals surface area contributed by atoms with Crippen molar-refractivity contribution < 1.29 is 17.8 Å². The van der Waals surface area contributed by atoms with Crippen molar-refractivity contribution in [3.8, 4) is 0 Å². The predicted molar refractivity (Wildman–Crippen MR) is 106 cm³/mol. The molecule has 1 aromatic carbocycles. The van der Waals surface area contributed by atoms with Crippen molar-refractivity contribution in [1.29, 1.82) is 0 Å². The monoisotopic (exact) mass is 406 g/mol. The fourth-order valence-electron chi connectivity index (χ4n) is 2.89. The summed E-state index contributed by atoms with van der Waals surface area (Å²) in [5.74, 6) is 0.956. The molecule has 0 aliphatic carbocycles. The average Bonchev–Trinajstić information content (AvgIpc) is 3.16. The van der Waals surface area contributed by atoms with Crippen LogP contribution in [-0.2, 0) is 14.7 Å². The molecule has 0 spiro atoms. The number of aromatic nitrogens is 2. The highest BCUT2D eigenvalue weighted by Gasteiger charge is 2.24. The third kappa shape index (κ3) is 4.89. The highest BCUT2D eigenvalue weighted by atomic mass is 32.2. The lowest BCUT2D eigenvalue weighted by atomic mass is 10.1. The molecule has 1 saturated heterocycles. The number of hydrogen-bond acceptors (Lipinski definition) is 8. The van der Waals surface area contributed by atoms with Gasteiger partial charge < -0.3 is 14.3 Å². The Morgan fingerprint density at radius 1 is 1.25 bits per heavy atom.